The Balaban J connectivity index is 1.58. The number of benzene rings is 1. The number of nitrogens with one attached hydrogen (secondary N) is 1. The highest BCUT2D eigenvalue weighted by Gasteiger charge is 2.28. The Bertz CT molecular complexity index is 550. The molecule has 1 unspecified atom stereocenters. The number of likely N-dealkylation sites (tertiary alicyclic amines) is 1. The summed E-state index contributed by atoms with van der Waals surface area (Å²) in [4.78, 5) is 14.1. The Hall–Kier alpha value is -1.10. The lowest BCUT2D eigenvalue weighted by Crippen LogP contribution is -2.40. The average Bonchev–Trinajstić information content (AvgIpc) is 3.11. The third-order valence-electron chi connectivity index (χ3n) is 5.16. The molecule has 1 atom stereocenters. The summed E-state index contributed by atoms with van der Waals surface area (Å²) in [6.45, 7) is 4.18. The van der Waals surface area contributed by atoms with Gasteiger partial charge in [0.05, 0.1) is 12.7 Å². The van der Waals surface area contributed by atoms with Crippen molar-refractivity contribution in [2.75, 3.05) is 26.7 Å². The molecule has 0 radical (unpaired) electrons. The summed E-state index contributed by atoms with van der Waals surface area (Å²) in [7, 11) is 1.40. The summed E-state index contributed by atoms with van der Waals surface area (Å²) in [6.07, 6.45) is 5.14. The fourth-order valence-electron chi connectivity index (χ4n) is 3.81. The number of hydrogen-bond donors (Lipinski definition) is 1. The van der Waals surface area contributed by atoms with Gasteiger partial charge in [0, 0.05) is 17.6 Å². The van der Waals surface area contributed by atoms with Gasteiger partial charge in [0.1, 0.15) is 0 Å². The summed E-state index contributed by atoms with van der Waals surface area (Å²) >= 11 is 6.31. The first-order valence-corrected chi connectivity index (χ1v) is 8.87. The van der Waals surface area contributed by atoms with E-state index in [1.165, 1.54) is 39.3 Å². The van der Waals surface area contributed by atoms with Crippen LogP contribution in [-0.2, 0) is 11.3 Å². The number of halogens is 1. The lowest BCUT2D eigenvalue weighted by molar-refractivity contribution is 0.0600. The zero-order valence-electron chi connectivity index (χ0n) is 13.7. The zero-order valence-corrected chi connectivity index (χ0v) is 14.4. The normalized spacial score (nSPS) is 23.1. The Morgan fingerprint density at radius 2 is 2.13 bits per heavy atom. The van der Waals surface area contributed by atoms with Gasteiger partial charge in [-0.25, -0.2) is 4.79 Å². The van der Waals surface area contributed by atoms with Gasteiger partial charge in [-0.05, 0) is 75.0 Å². The highest BCUT2D eigenvalue weighted by molar-refractivity contribution is 6.31. The molecule has 1 aromatic rings. The van der Waals surface area contributed by atoms with Crippen molar-refractivity contribution < 1.29 is 9.53 Å². The number of nitrogens with zero attached hydrogens (tertiary/aromatic N) is 1. The predicted octanol–water partition coefficient (Wildman–Crippen LogP) is 3.09. The highest BCUT2D eigenvalue weighted by atomic mass is 35.5. The van der Waals surface area contributed by atoms with Crippen LogP contribution in [0.2, 0.25) is 5.02 Å². The number of piperidine rings is 1. The van der Waals surface area contributed by atoms with Crippen LogP contribution in [0.5, 0.6) is 0 Å². The minimum atomic E-state index is -0.311. The molecule has 2 aliphatic rings. The number of ether oxygens (including phenoxy) is 1. The van der Waals surface area contributed by atoms with Gasteiger partial charge in [-0.1, -0.05) is 11.6 Å². The van der Waals surface area contributed by atoms with Crippen molar-refractivity contribution in [2.45, 2.75) is 38.3 Å². The van der Waals surface area contributed by atoms with Crippen LogP contribution >= 0.6 is 11.6 Å². The van der Waals surface area contributed by atoms with Crippen LogP contribution in [0.1, 0.15) is 41.6 Å². The van der Waals surface area contributed by atoms with Gasteiger partial charge in [0.15, 0.2) is 0 Å². The smallest absolute Gasteiger partial charge is 0.337 e. The van der Waals surface area contributed by atoms with Crippen molar-refractivity contribution in [3.05, 3.63) is 34.3 Å². The first kappa shape index (κ1) is 16.7. The molecule has 126 valence electrons. The third kappa shape index (κ3) is 4.06. The van der Waals surface area contributed by atoms with E-state index in [-0.39, 0.29) is 5.97 Å². The van der Waals surface area contributed by atoms with E-state index in [2.05, 4.69) is 10.2 Å². The Morgan fingerprint density at radius 1 is 1.35 bits per heavy atom. The molecule has 0 bridgehead atoms. The number of hydrogen-bond acceptors (Lipinski definition) is 4. The largest absolute Gasteiger partial charge is 0.465 e. The van der Waals surface area contributed by atoms with Gasteiger partial charge in [0.25, 0.3) is 0 Å². The van der Waals surface area contributed by atoms with Crippen molar-refractivity contribution in [1.82, 2.24) is 10.2 Å². The minimum absolute atomic E-state index is 0.311. The van der Waals surface area contributed by atoms with Gasteiger partial charge in [-0.15, -0.1) is 0 Å². The molecule has 2 fully saturated rings. The van der Waals surface area contributed by atoms with Gasteiger partial charge in [-0.3, -0.25) is 4.90 Å². The second-order valence-corrected chi connectivity index (χ2v) is 7.02. The van der Waals surface area contributed by atoms with Crippen LogP contribution in [0, 0.1) is 5.92 Å². The van der Waals surface area contributed by atoms with Crippen LogP contribution in [0.15, 0.2) is 18.2 Å². The Morgan fingerprint density at radius 3 is 2.78 bits per heavy atom. The van der Waals surface area contributed by atoms with E-state index in [1.54, 1.807) is 12.1 Å². The minimum Gasteiger partial charge on any atom is -0.465 e. The fraction of sp³-hybridized carbons (Fsp3) is 0.611. The zero-order chi connectivity index (χ0) is 16.2. The lowest BCUT2D eigenvalue weighted by Gasteiger charge is -2.35. The lowest BCUT2D eigenvalue weighted by atomic mass is 9.88. The number of carbonyl (C=O) groups is 1. The number of carbonyl (C=O) groups excluding carboxylic acids is 1. The van der Waals surface area contributed by atoms with E-state index in [0.29, 0.717) is 5.56 Å². The molecule has 0 spiro atoms. The quantitative estimate of drug-likeness (QED) is 0.858. The third-order valence-corrected chi connectivity index (χ3v) is 5.53. The Labute approximate surface area is 143 Å². The molecule has 23 heavy (non-hydrogen) atoms. The van der Waals surface area contributed by atoms with E-state index in [0.717, 1.165) is 42.2 Å². The molecule has 5 heteroatoms. The summed E-state index contributed by atoms with van der Waals surface area (Å²) in [5.74, 6) is 0.500. The Kier molecular flexibility index (Phi) is 5.57. The molecule has 4 nitrogen and oxygen atoms in total. The van der Waals surface area contributed by atoms with Crippen LogP contribution in [0.3, 0.4) is 0 Å². The maximum atomic E-state index is 11.7. The molecule has 1 aromatic carbocycles. The van der Waals surface area contributed by atoms with E-state index in [1.807, 2.05) is 6.07 Å². The average molecular weight is 337 g/mol. The van der Waals surface area contributed by atoms with E-state index >= 15 is 0 Å². The summed E-state index contributed by atoms with van der Waals surface area (Å²) < 4.78 is 4.79. The highest BCUT2D eigenvalue weighted by Crippen LogP contribution is 2.27. The summed E-state index contributed by atoms with van der Waals surface area (Å²) in [6, 6.07) is 6.09. The van der Waals surface area contributed by atoms with Crippen molar-refractivity contribution in [3.63, 3.8) is 0 Å². The van der Waals surface area contributed by atoms with Crippen LogP contribution in [0.25, 0.3) is 0 Å². The number of methoxy groups -OCH3 is 1. The van der Waals surface area contributed by atoms with Gasteiger partial charge >= 0.3 is 5.97 Å². The SMILES string of the molecule is COC(=O)c1ccc(Cl)c(CN2CCC(C3CCCN3)CC2)c1. The molecule has 0 amide bonds. The van der Waals surface area contributed by atoms with Crippen molar-refractivity contribution in [1.29, 1.82) is 0 Å². The van der Waals surface area contributed by atoms with Gasteiger partial charge in [0.2, 0.25) is 0 Å². The predicted molar refractivity (Wildman–Crippen MR) is 91.8 cm³/mol. The van der Waals surface area contributed by atoms with Crippen molar-refractivity contribution in [3.8, 4) is 0 Å². The first-order chi connectivity index (χ1) is 11.2. The van der Waals surface area contributed by atoms with Crippen molar-refractivity contribution in [2.24, 2.45) is 5.92 Å². The topological polar surface area (TPSA) is 41.6 Å². The van der Waals surface area contributed by atoms with Crippen LogP contribution < -0.4 is 5.32 Å². The van der Waals surface area contributed by atoms with Crippen LogP contribution in [0.4, 0.5) is 0 Å². The molecular formula is C18H25ClN2O2. The van der Waals surface area contributed by atoms with Gasteiger partial charge < -0.3 is 10.1 Å². The van der Waals surface area contributed by atoms with E-state index in [9.17, 15) is 4.79 Å². The molecule has 0 saturated carbocycles. The molecule has 0 aromatic heterocycles. The standard InChI is InChI=1S/C18H25ClN2O2/c1-23-18(22)14-4-5-16(19)15(11-14)12-21-9-6-13(7-10-21)17-3-2-8-20-17/h4-5,11,13,17,20H,2-3,6-10,12H2,1H3. The second kappa shape index (κ2) is 7.65. The summed E-state index contributed by atoms with van der Waals surface area (Å²) in [5.41, 5.74) is 1.57. The molecule has 3 rings (SSSR count). The van der Waals surface area contributed by atoms with Crippen LogP contribution in [-0.4, -0.2) is 43.7 Å². The monoisotopic (exact) mass is 336 g/mol. The molecule has 2 aliphatic heterocycles. The molecular weight excluding hydrogens is 312 g/mol. The molecule has 0 aliphatic carbocycles. The maximum absolute atomic E-state index is 11.7. The second-order valence-electron chi connectivity index (χ2n) is 6.61. The molecule has 2 heterocycles. The number of rotatable bonds is 4. The fourth-order valence-corrected chi connectivity index (χ4v) is 3.99. The van der Waals surface area contributed by atoms with E-state index in [4.69, 9.17) is 16.3 Å². The number of esters is 1. The maximum Gasteiger partial charge on any atom is 0.337 e. The van der Waals surface area contributed by atoms with Crippen molar-refractivity contribution >= 4 is 17.6 Å². The molecule has 1 N–H and O–H groups in total. The summed E-state index contributed by atoms with van der Waals surface area (Å²) in [5, 5.41) is 4.35. The molecule has 2 saturated heterocycles. The first-order valence-electron chi connectivity index (χ1n) is 8.50. The van der Waals surface area contributed by atoms with E-state index < -0.39 is 0 Å². The van der Waals surface area contributed by atoms with Gasteiger partial charge in [-0.2, -0.15) is 0 Å².